The number of para-hydroxylation sites is 1. The van der Waals surface area contributed by atoms with E-state index in [1.807, 2.05) is 0 Å². The van der Waals surface area contributed by atoms with Gasteiger partial charge < -0.3 is 15.5 Å². The van der Waals surface area contributed by atoms with Crippen molar-refractivity contribution in [1.82, 2.24) is 15.5 Å². The third-order valence-electron chi connectivity index (χ3n) is 4.65. The van der Waals surface area contributed by atoms with E-state index in [2.05, 4.69) is 76.5 Å². The maximum absolute atomic E-state index is 4.62. The molecule has 0 atom stereocenters. The second-order valence-corrected chi connectivity index (χ2v) is 7.41. The van der Waals surface area contributed by atoms with Crippen LogP contribution in [0.3, 0.4) is 0 Å². The van der Waals surface area contributed by atoms with Crippen molar-refractivity contribution in [3.05, 3.63) is 30.3 Å². The van der Waals surface area contributed by atoms with Gasteiger partial charge in [0.1, 0.15) is 0 Å². The summed E-state index contributed by atoms with van der Waals surface area (Å²) in [5.41, 5.74) is 1.35. The number of halogens is 1. The Hall–Kier alpha value is -1.02. The molecule has 0 amide bonds. The Kier molecular flexibility index (Phi) is 12.5. The fourth-order valence-electron chi connectivity index (χ4n) is 3.15. The molecule has 1 aromatic rings. The van der Waals surface area contributed by atoms with Gasteiger partial charge in [-0.1, -0.05) is 32.0 Å². The molecule has 154 valence electrons. The van der Waals surface area contributed by atoms with Crippen molar-refractivity contribution in [1.29, 1.82) is 0 Å². The lowest BCUT2D eigenvalue weighted by atomic mass is 10.2. The van der Waals surface area contributed by atoms with Gasteiger partial charge in [-0.15, -0.1) is 24.0 Å². The third kappa shape index (κ3) is 9.65. The maximum Gasteiger partial charge on any atom is 0.191 e. The Bertz CT molecular complexity index is 513. The summed E-state index contributed by atoms with van der Waals surface area (Å²) >= 11 is 0. The summed E-state index contributed by atoms with van der Waals surface area (Å²) in [5.74, 6) is 1.55. The van der Waals surface area contributed by atoms with E-state index in [0.717, 1.165) is 38.7 Å². The molecule has 0 unspecified atom stereocenters. The number of aliphatic imine (C=N–C) groups is 1. The summed E-state index contributed by atoms with van der Waals surface area (Å²) < 4.78 is 0. The van der Waals surface area contributed by atoms with E-state index in [4.69, 9.17) is 0 Å². The fraction of sp³-hybridized carbons (Fsp3) is 0.667. The molecule has 1 heterocycles. The molecule has 1 fully saturated rings. The molecule has 0 radical (unpaired) electrons. The lowest BCUT2D eigenvalue weighted by molar-refractivity contribution is 0.253. The first-order valence-corrected chi connectivity index (χ1v) is 10.2. The van der Waals surface area contributed by atoms with Gasteiger partial charge in [-0.2, -0.15) is 0 Å². The van der Waals surface area contributed by atoms with Crippen LogP contribution in [-0.2, 0) is 0 Å². The Balaban J connectivity index is 0.00000364. The highest BCUT2D eigenvalue weighted by Gasteiger charge is 2.16. The van der Waals surface area contributed by atoms with E-state index in [-0.39, 0.29) is 24.0 Å². The zero-order valence-corrected chi connectivity index (χ0v) is 19.6. The normalized spacial score (nSPS) is 15.6. The van der Waals surface area contributed by atoms with Gasteiger partial charge in [0.15, 0.2) is 5.96 Å². The average Bonchev–Trinajstić information content (AvgIpc) is 2.67. The van der Waals surface area contributed by atoms with Gasteiger partial charge in [0.05, 0.1) is 0 Å². The molecular weight excluding hydrogens is 449 g/mol. The predicted octanol–water partition coefficient (Wildman–Crippen LogP) is 3.42. The molecule has 6 heteroatoms. The summed E-state index contributed by atoms with van der Waals surface area (Å²) in [6, 6.07) is 10.8. The minimum absolute atomic E-state index is 0. The second kappa shape index (κ2) is 14.0. The molecule has 2 rings (SSSR count). The minimum atomic E-state index is 0. The molecule has 2 N–H and O–H groups in total. The Morgan fingerprint density at radius 2 is 1.74 bits per heavy atom. The zero-order valence-electron chi connectivity index (χ0n) is 17.3. The van der Waals surface area contributed by atoms with Crippen LogP contribution in [-0.4, -0.2) is 63.2 Å². The summed E-state index contributed by atoms with van der Waals surface area (Å²) in [6.45, 7) is 15.1. The van der Waals surface area contributed by atoms with E-state index in [9.17, 15) is 0 Å². The van der Waals surface area contributed by atoms with Crippen molar-refractivity contribution in [2.75, 3.05) is 57.3 Å². The summed E-state index contributed by atoms with van der Waals surface area (Å²) in [4.78, 5) is 9.70. The second-order valence-electron chi connectivity index (χ2n) is 7.41. The Labute approximate surface area is 183 Å². The lowest BCUT2D eigenvalue weighted by Gasteiger charge is -2.36. The minimum Gasteiger partial charge on any atom is -0.369 e. The van der Waals surface area contributed by atoms with E-state index in [1.165, 1.54) is 38.2 Å². The molecule has 0 aromatic heterocycles. The number of rotatable bonds is 9. The molecular formula is C21H38IN5. The standard InChI is InChI=1S/C21H37N5.HI/c1-4-22-21(24-18-19(2)3)23-12-8-9-13-25-14-16-26(17-15-25)20-10-6-5-7-11-20;/h5-7,10-11,19H,4,8-9,12-18H2,1-3H3,(H2,22,23,24);1H. The average molecular weight is 487 g/mol. The van der Waals surface area contributed by atoms with E-state index in [1.54, 1.807) is 0 Å². The van der Waals surface area contributed by atoms with E-state index >= 15 is 0 Å². The summed E-state index contributed by atoms with van der Waals surface area (Å²) in [7, 11) is 0. The number of benzene rings is 1. The van der Waals surface area contributed by atoms with Gasteiger partial charge in [-0.05, 0) is 44.4 Å². The van der Waals surface area contributed by atoms with Crippen LogP contribution in [0.2, 0.25) is 0 Å². The lowest BCUT2D eigenvalue weighted by Crippen LogP contribution is -2.46. The van der Waals surface area contributed by atoms with E-state index < -0.39 is 0 Å². The Morgan fingerprint density at radius 1 is 1.04 bits per heavy atom. The van der Waals surface area contributed by atoms with Gasteiger partial charge in [0, 0.05) is 51.5 Å². The van der Waals surface area contributed by atoms with Crippen molar-refractivity contribution in [3.63, 3.8) is 0 Å². The van der Waals surface area contributed by atoms with Crippen LogP contribution in [0.15, 0.2) is 35.3 Å². The zero-order chi connectivity index (χ0) is 18.6. The molecule has 5 nitrogen and oxygen atoms in total. The first kappa shape index (κ1) is 24.0. The van der Waals surface area contributed by atoms with Crippen molar-refractivity contribution in [2.45, 2.75) is 33.6 Å². The van der Waals surface area contributed by atoms with Crippen LogP contribution in [0.25, 0.3) is 0 Å². The van der Waals surface area contributed by atoms with Crippen LogP contribution >= 0.6 is 24.0 Å². The molecule has 0 aliphatic carbocycles. The smallest absolute Gasteiger partial charge is 0.191 e. The van der Waals surface area contributed by atoms with Gasteiger partial charge in [0.2, 0.25) is 0 Å². The van der Waals surface area contributed by atoms with Gasteiger partial charge in [0.25, 0.3) is 0 Å². The highest BCUT2D eigenvalue weighted by molar-refractivity contribution is 14.0. The van der Waals surface area contributed by atoms with Gasteiger partial charge >= 0.3 is 0 Å². The monoisotopic (exact) mass is 487 g/mol. The van der Waals surface area contributed by atoms with Crippen LogP contribution in [0.4, 0.5) is 5.69 Å². The first-order chi connectivity index (χ1) is 12.7. The number of nitrogens with one attached hydrogen (secondary N) is 2. The quantitative estimate of drug-likeness (QED) is 0.243. The first-order valence-electron chi connectivity index (χ1n) is 10.2. The topological polar surface area (TPSA) is 42.9 Å². The van der Waals surface area contributed by atoms with Crippen LogP contribution < -0.4 is 15.5 Å². The number of anilines is 1. The number of nitrogens with zero attached hydrogens (tertiary/aromatic N) is 3. The summed E-state index contributed by atoms with van der Waals surface area (Å²) in [6.07, 6.45) is 2.42. The number of hydrogen-bond acceptors (Lipinski definition) is 3. The summed E-state index contributed by atoms with van der Waals surface area (Å²) in [5, 5.41) is 6.78. The highest BCUT2D eigenvalue weighted by atomic mass is 127. The fourth-order valence-corrected chi connectivity index (χ4v) is 3.15. The molecule has 0 spiro atoms. The third-order valence-corrected chi connectivity index (χ3v) is 4.65. The number of hydrogen-bond donors (Lipinski definition) is 2. The van der Waals surface area contributed by atoms with Crippen LogP contribution in [0, 0.1) is 5.92 Å². The molecule has 0 bridgehead atoms. The number of unbranched alkanes of at least 4 members (excludes halogenated alkanes) is 1. The molecule has 1 aliphatic rings. The van der Waals surface area contributed by atoms with Crippen molar-refractivity contribution in [3.8, 4) is 0 Å². The van der Waals surface area contributed by atoms with Gasteiger partial charge in [-0.25, -0.2) is 0 Å². The SMILES string of the molecule is CCNC(=NCC(C)C)NCCCCN1CCN(c2ccccc2)CC1.I. The molecule has 1 saturated heterocycles. The van der Waals surface area contributed by atoms with Crippen LogP contribution in [0.1, 0.15) is 33.6 Å². The largest absolute Gasteiger partial charge is 0.369 e. The highest BCUT2D eigenvalue weighted by Crippen LogP contribution is 2.15. The maximum atomic E-state index is 4.62. The molecule has 27 heavy (non-hydrogen) atoms. The number of guanidine groups is 1. The van der Waals surface area contributed by atoms with Crippen molar-refractivity contribution >= 4 is 35.6 Å². The Morgan fingerprint density at radius 3 is 2.37 bits per heavy atom. The van der Waals surface area contributed by atoms with Crippen molar-refractivity contribution in [2.24, 2.45) is 10.9 Å². The van der Waals surface area contributed by atoms with Crippen LogP contribution in [0.5, 0.6) is 0 Å². The van der Waals surface area contributed by atoms with Crippen molar-refractivity contribution < 1.29 is 0 Å². The predicted molar refractivity (Wildman–Crippen MR) is 129 cm³/mol. The molecule has 1 aromatic carbocycles. The molecule has 1 aliphatic heterocycles. The molecule has 0 saturated carbocycles. The van der Waals surface area contributed by atoms with Gasteiger partial charge in [-0.3, -0.25) is 9.89 Å². The van der Waals surface area contributed by atoms with E-state index in [0.29, 0.717) is 5.92 Å². The number of piperazine rings is 1.